The summed E-state index contributed by atoms with van der Waals surface area (Å²) in [6.07, 6.45) is -0.811. The van der Waals surface area contributed by atoms with Crippen LogP contribution in [0.5, 0.6) is 11.5 Å². The highest BCUT2D eigenvalue weighted by atomic mass is 35.5. The molecule has 27 heavy (non-hydrogen) atoms. The maximum atomic E-state index is 12.0. The van der Waals surface area contributed by atoms with Gasteiger partial charge in [-0.15, -0.1) is 0 Å². The van der Waals surface area contributed by atoms with Crippen LogP contribution < -0.4 is 20.3 Å². The van der Waals surface area contributed by atoms with Gasteiger partial charge in [0.1, 0.15) is 11.5 Å². The summed E-state index contributed by atoms with van der Waals surface area (Å²) >= 11 is 11.9. The first-order valence-corrected chi connectivity index (χ1v) is 8.92. The van der Waals surface area contributed by atoms with Crippen molar-refractivity contribution in [1.82, 2.24) is 10.9 Å². The molecule has 0 saturated carbocycles. The Bertz CT molecular complexity index is 802. The monoisotopic (exact) mass is 410 g/mol. The van der Waals surface area contributed by atoms with Gasteiger partial charge in [-0.1, -0.05) is 23.2 Å². The minimum absolute atomic E-state index is 0.257. The zero-order valence-corrected chi connectivity index (χ0v) is 16.6. The number of benzene rings is 2. The molecule has 8 heteroatoms. The number of aryl methyl sites for hydroxylation is 2. The van der Waals surface area contributed by atoms with Gasteiger partial charge in [0.25, 0.3) is 11.8 Å². The minimum atomic E-state index is -0.811. The lowest BCUT2D eigenvalue weighted by Crippen LogP contribution is -2.48. The Labute approximate surface area is 167 Å². The Hall–Kier alpha value is -2.44. The van der Waals surface area contributed by atoms with Gasteiger partial charge in [0.05, 0.1) is 0 Å². The molecule has 2 aromatic carbocycles. The second kappa shape index (κ2) is 9.48. The lowest BCUT2D eigenvalue weighted by atomic mass is 10.1. The molecule has 0 fully saturated rings. The molecule has 6 nitrogen and oxygen atoms in total. The summed E-state index contributed by atoms with van der Waals surface area (Å²) in [7, 11) is 0. The van der Waals surface area contributed by atoms with Crippen molar-refractivity contribution < 1.29 is 19.1 Å². The third-order valence-corrected chi connectivity index (χ3v) is 4.45. The molecule has 2 rings (SSSR count). The van der Waals surface area contributed by atoms with E-state index >= 15 is 0 Å². The number of halogens is 2. The summed E-state index contributed by atoms with van der Waals surface area (Å²) in [5, 5.41) is 1.23. The van der Waals surface area contributed by atoms with Crippen LogP contribution in [0.3, 0.4) is 0 Å². The number of ether oxygens (including phenoxy) is 2. The van der Waals surface area contributed by atoms with Gasteiger partial charge in [-0.05, 0) is 68.3 Å². The van der Waals surface area contributed by atoms with E-state index in [1.54, 1.807) is 43.3 Å². The SMILES string of the molecule is Cc1cc(OCC(=O)NNC(=O)C(C)Oc2ccc(Cl)cc2)cc(C)c1Cl. The summed E-state index contributed by atoms with van der Waals surface area (Å²) in [6.45, 7) is 5.01. The molecule has 1 unspecified atom stereocenters. The summed E-state index contributed by atoms with van der Waals surface area (Å²) in [6, 6.07) is 10.1. The van der Waals surface area contributed by atoms with E-state index in [0.717, 1.165) is 11.1 Å². The van der Waals surface area contributed by atoms with E-state index in [-0.39, 0.29) is 6.61 Å². The smallest absolute Gasteiger partial charge is 0.279 e. The van der Waals surface area contributed by atoms with Crippen molar-refractivity contribution in [3.63, 3.8) is 0 Å². The van der Waals surface area contributed by atoms with E-state index in [2.05, 4.69) is 10.9 Å². The van der Waals surface area contributed by atoms with Crippen LogP contribution >= 0.6 is 23.2 Å². The molecule has 0 bridgehead atoms. The largest absolute Gasteiger partial charge is 0.484 e. The molecule has 0 aromatic heterocycles. The third kappa shape index (κ3) is 6.34. The first kappa shape index (κ1) is 20.9. The van der Waals surface area contributed by atoms with Gasteiger partial charge >= 0.3 is 0 Å². The van der Waals surface area contributed by atoms with Crippen molar-refractivity contribution in [2.45, 2.75) is 26.9 Å². The van der Waals surface area contributed by atoms with Crippen molar-refractivity contribution in [3.8, 4) is 11.5 Å². The van der Waals surface area contributed by atoms with Crippen molar-refractivity contribution in [3.05, 3.63) is 57.6 Å². The van der Waals surface area contributed by atoms with Crippen LogP contribution in [0, 0.1) is 13.8 Å². The van der Waals surface area contributed by atoms with E-state index in [9.17, 15) is 9.59 Å². The van der Waals surface area contributed by atoms with Crippen LogP contribution in [-0.4, -0.2) is 24.5 Å². The van der Waals surface area contributed by atoms with E-state index in [1.807, 2.05) is 13.8 Å². The number of rotatable bonds is 6. The average molecular weight is 411 g/mol. The van der Waals surface area contributed by atoms with Gasteiger partial charge < -0.3 is 9.47 Å². The normalized spacial score (nSPS) is 11.4. The number of carbonyl (C=O) groups excluding carboxylic acids is 2. The van der Waals surface area contributed by atoms with E-state index in [4.69, 9.17) is 32.7 Å². The summed E-state index contributed by atoms with van der Waals surface area (Å²) in [5.41, 5.74) is 6.28. The number of nitrogens with one attached hydrogen (secondary N) is 2. The fraction of sp³-hybridized carbons (Fsp3) is 0.263. The van der Waals surface area contributed by atoms with Crippen LogP contribution in [-0.2, 0) is 9.59 Å². The van der Waals surface area contributed by atoms with Gasteiger partial charge in [0, 0.05) is 10.0 Å². The molecule has 1 atom stereocenters. The van der Waals surface area contributed by atoms with E-state index in [0.29, 0.717) is 21.5 Å². The van der Waals surface area contributed by atoms with Crippen LogP contribution in [0.4, 0.5) is 0 Å². The zero-order chi connectivity index (χ0) is 20.0. The summed E-state index contributed by atoms with van der Waals surface area (Å²) in [5.74, 6) is 0.00397. The number of hydrogen-bond acceptors (Lipinski definition) is 4. The van der Waals surface area contributed by atoms with Gasteiger partial charge in [-0.25, -0.2) is 0 Å². The molecule has 0 aliphatic carbocycles. The maximum absolute atomic E-state index is 12.0. The van der Waals surface area contributed by atoms with Crippen LogP contribution in [0.15, 0.2) is 36.4 Å². The second-order valence-electron chi connectivity index (χ2n) is 5.91. The molecule has 0 saturated heterocycles. The maximum Gasteiger partial charge on any atom is 0.279 e. The Balaban J connectivity index is 1.77. The van der Waals surface area contributed by atoms with Gasteiger partial charge in [0.15, 0.2) is 12.7 Å². The molecule has 0 radical (unpaired) electrons. The summed E-state index contributed by atoms with van der Waals surface area (Å²) < 4.78 is 10.9. The summed E-state index contributed by atoms with van der Waals surface area (Å²) in [4.78, 5) is 23.8. The Kier molecular flexibility index (Phi) is 7.33. The first-order chi connectivity index (χ1) is 12.8. The molecule has 0 spiro atoms. The molecule has 2 aromatic rings. The Morgan fingerprint density at radius 2 is 1.59 bits per heavy atom. The van der Waals surface area contributed by atoms with E-state index in [1.165, 1.54) is 0 Å². The first-order valence-electron chi connectivity index (χ1n) is 8.16. The molecule has 0 aliphatic heterocycles. The van der Waals surface area contributed by atoms with Gasteiger partial charge in [0.2, 0.25) is 0 Å². The fourth-order valence-electron chi connectivity index (χ4n) is 2.18. The van der Waals surface area contributed by atoms with Crippen molar-refractivity contribution in [2.75, 3.05) is 6.61 Å². The lowest BCUT2D eigenvalue weighted by Gasteiger charge is -2.15. The number of hydrazine groups is 1. The highest BCUT2D eigenvalue weighted by Crippen LogP contribution is 2.25. The highest BCUT2D eigenvalue weighted by Gasteiger charge is 2.15. The van der Waals surface area contributed by atoms with Crippen molar-refractivity contribution in [2.24, 2.45) is 0 Å². The predicted octanol–water partition coefficient (Wildman–Crippen LogP) is 3.60. The number of amides is 2. The standard InChI is InChI=1S/C19H20Cl2N2O4/c1-11-8-16(9-12(2)18(11)21)26-10-17(24)22-23-19(25)13(3)27-15-6-4-14(20)5-7-15/h4-9,13H,10H2,1-3H3,(H,22,24)(H,23,25). The Morgan fingerprint density at radius 3 is 2.19 bits per heavy atom. The highest BCUT2D eigenvalue weighted by molar-refractivity contribution is 6.32. The topological polar surface area (TPSA) is 76.7 Å². The van der Waals surface area contributed by atoms with Gasteiger partial charge in [-0.2, -0.15) is 0 Å². The molecular formula is C19H20Cl2N2O4. The van der Waals surface area contributed by atoms with Crippen molar-refractivity contribution >= 4 is 35.0 Å². The predicted molar refractivity (Wildman–Crippen MR) is 104 cm³/mol. The van der Waals surface area contributed by atoms with Gasteiger partial charge in [-0.3, -0.25) is 20.4 Å². The van der Waals surface area contributed by atoms with Crippen LogP contribution in [0.2, 0.25) is 10.0 Å². The van der Waals surface area contributed by atoms with Crippen LogP contribution in [0.1, 0.15) is 18.1 Å². The number of carbonyl (C=O) groups is 2. The fourth-order valence-corrected chi connectivity index (χ4v) is 2.41. The molecular weight excluding hydrogens is 391 g/mol. The molecule has 2 N–H and O–H groups in total. The van der Waals surface area contributed by atoms with Crippen molar-refractivity contribution in [1.29, 1.82) is 0 Å². The lowest BCUT2D eigenvalue weighted by molar-refractivity contribution is -0.133. The van der Waals surface area contributed by atoms with Crippen LogP contribution in [0.25, 0.3) is 0 Å². The zero-order valence-electron chi connectivity index (χ0n) is 15.1. The molecule has 0 heterocycles. The third-order valence-electron chi connectivity index (χ3n) is 3.60. The second-order valence-corrected chi connectivity index (χ2v) is 6.73. The Morgan fingerprint density at radius 1 is 1.00 bits per heavy atom. The van der Waals surface area contributed by atoms with E-state index < -0.39 is 17.9 Å². The molecule has 144 valence electrons. The average Bonchev–Trinajstić information content (AvgIpc) is 2.64. The molecule has 0 aliphatic rings. The quantitative estimate of drug-likeness (QED) is 0.713. The number of hydrogen-bond donors (Lipinski definition) is 2. The minimum Gasteiger partial charge on any atom is -0.484 e. The molecule has 2 amide bonds.